The number of benzene rings is 1. The van der Waals surface area contributed by atoms with E-state index < -0.39 is 0 Å². The highest BCUT2D eigenvalue weighted by atomic mass is 35.5. The second-order valence-electron chi connectivity index (χ2n) is 3.76. The Hall–Kier alpha value is -0.280. The molecule has 0 heterocycles. The summed E-state index contributed by atoms with van der Waals surface area (Å²) in [5, 5.41) is 1.07. The second-order valence-corrected chi connectivity index (χ2v) is 4.58. The number of nitrogens with two attached hydrogens (primary N) is 1. The topological polar surface area (TPSA) is 35.2 Å². The molecule has 2 N–H and O–H groups in total. The van der Waals surface area contributed by atoms with Crippen molar-refractivity contribution in [3.63, 3.8) is 0 Å². The smallest absolute Gasteiger partial charge is 0.0763 e. The van der Waals surface area contributed by atoms with Gasteiger partial charge in [0.2, 0.25) is 0 Å². The molecular formula is C12H17Cl2NO. The van der Waals surface area contributed by atoms with Crippen LogP contribution in [0.1, 0.15) is 31.4 Å². The maximum atomic E-state index is 6.13. The van der Waals surface area contributed by atoms with Crippen LogP contribution in [0, 0.1) is 0 Å². The van der Waals surface area contributed by atoms with Gasteiger partial charge in [-0.1, -0.05) is 42.6 Å². The van der Waals surface area contributed by atoms with Crippen molar-refractivity contribution in [3.8, 4) is 0 Å². The summed E-state index contributed by atoms with van der Waals surface area (Å²) >= 11 is 11.8. The molecule has 0 aliphatic heterocycles. The number of hydrogen-bond acceptors (Lipinski definition) is 2. The van der Waals surface area contributed by atoms with E-state index in [0.29, 0.717) is 10.0 Å². The van der Waals surface area contributed by atoms with Gasteiger partial charge >= 0.3 is 0 Å². The average Bonchev–Trinajstić information content (AvgIpc) is 2.28. The van der Waals surface area contributed by atoms with E-state index in [2.05, 4.69) is 6.92 Å². The Balaban J connectivity index is 2.85. The number of ether oxygens (including phenoxy) is 1. The summed E-state index contributed by atoms with van der Waals surface area (Å²) in [6, 6.07) is 5.29. The van der Waals surface area contributed by atoms with Gasteiger partial charge in [-0.2, -0.15) is 0 Å². The molecule has 0 bridgehead atoms. The molecule has 0 aliphatic rings. The van der Waals surface area contributed by atoms with E-state index in [1.807, 2.05) is 6.07 Å². The fourth-order valence-electron chi connectivity index (χ4n) is 1.66. The van der Waals surface area contributed by atoms with E-state index in [4.69, 9.17) is 33.7 Å². The molecule has 0 saturated heterocycles. The number of rotatable bonds is 5. The van der Waals surface area contributed by atoms with Crippen LogP contribution >= 0.6 is 23.2 Å². The number of halogens is 2. The maximum absolute atomic E-state index is 6.13. The molecule has 2 nitrogen and oxygen atoms in total. The molecule has 0 aliphatic carbocycles. The first-order valence-electron chi connectivity index (χ1n) is 5.33. The molecule has 1 aromatic rings. The Kier molecular flexibility index (Phi) is 5.56. The summed E-state index contributed by atoms with van der Waals surface area (Å²) in [4.78, 5) is 0. The minimum atomic E-state index is -0.167. The lowest BCUT2D eigenvalue weighted by Crippen LogP contribution is -2.27. The Bertz CT molecular complexity index is 344. The summed E-state index contributed by atoms with van der Waals surface area (Å²) in [7, 11) is 1.68. The Morgan fingerprint density at radius 1 is 1.31 bits per heavy atom. The van der Waals surface area contributed by atoms with E-state index in [-0.39, 0.29) is 12.1 Å². The molecule has 1 aromatic carbocycles. The highest BCUT2D eigenvalue weighted by Crippen LogP contribution is 2.27. The Morgan fingerprint density at radius 2 is 2.00 bits per heavy atom. The molecule has 0 saturated carbocycles. The number of methoxy groups -OCH3 is 1. The van der Waals surface area contributed by atoms with Gasteiger partial charge in [0.15, 0.2) is 0 Å². The van der Waals surface area contributed by atoms with Crippen LogP contribution in [-0.4, -0.2) is 13.2 Å². The van der Waals surface area contributed by atoms with Gasteiger partial charge in [0.05, 0.1) is 22.2 Å². The highest BCUT2D eigenvalue weighted by molar-refractivity contribution is 6.42. The van der Waals surface area contributed by atoms with Gasteiger partial charge in [-0.3, -0.25) is 0 Å². The summed E-state index contributed by atoms with van der Waals surface area (Å²) in [5.74, 6) is 0. The zero-order valence-electron chi connectivity index (χ0n) is 9.54. The van der Waals surface area contributed by atoms with E-state index >= 15 is 0 Å². The van der Waals surface area contributed by atoms with Gasteiger partial charge in [0.1, 0.15) is 0 Å². The van der Waals surface area contributed by atoms with Gasteiger partial charge in [0, 0.05) is 7.11 Å². The zero-order valence-corrected chi connectivity index (χ0v) is 11.1. The lowest BCUT2D eigenvalue weighted by Gasteiger charge is -2.22. The summed E-state index contributed by atoms with van der Waals surface area (Å²) in [6.45, 7) is 2.10. The molecule has 16 heavy (non-hydrogen) atoms. The first kappa shape index (κ1) is 13.8. The molecule has 0 fully saturated rings. The van der Waals surface area contributed by atoms with Crippen LogP contribution < -0.4 is 5.73 Å². The van der Waals surface area contributed by atoms with Crippen LogP contribution in [0.4, 0.5) is 0 Å². The Morgan fingerprint density at radius 3 is 2.50 bits per heavy atom. The van der Waals surface area contributed by atoms with Crippen molar-refractivity contribution in [3.05, 3.63) is 33.8 Å². The maximum Gasteiger partial charge on any atom is 0.0763 e. The molecule has 4 heteroatoms. The van der Waals surface area contributed by atoms with E-state index in [9.17, 15) is 0 Å². The van der Waals surface area contributed by atoms with Crippen LogP contribution in [0.15, 0.2) is 18.2 Å². The zero-order chi connectivity index (χ0) is 12.1. The van der Waals surface area contributed by atoms with E-state index in [1.54, 1.807) is 19.2 Å². The third-order valence-electron chi connectivity index (χ3n) is 2.61. The van der Waals surface area contributed by atoms with Crippen LogP contribution in [0.3, 0.4) is 0 Å². The molecule has 0 radical (unpaired) electrons. The third-order valence-corrected chi connectivity index (χ3v) is 3.34. The van der Waals surface area contributed by atoms with Gasteiger partial charge in [-0.25, -0.2) is 0 Å². The van der Waals surface area contributed by atoms with Crippen molar-refractivity contribution in [2.75, 3.05) is 7.11 Å². The fourth-order valence-corrected chi connectivity index (χ4v) is 1.97. The first-order chi connectivity index (χ1) is 7.60. The van der Waals surface area contributed by atoms with Gasteiger partial charge < -0.3 is 10.5 Å². The van der Waals surface area contributed by atoms with Crippen LogP contribution in [0.25, 0.3) is 0 Å². The van der Waals surface area contributed by atoms with Gasteiger partial charge in [-0.15, -0.1) is 0 Å². The normalized spacial score (nSPS) is 14.8. The largest absolute Gasteiger partial charge is 0.379 e. The van der Waals surface area contributed by atoms with Crippen molar-refractivity contribution in [1.29, 1.82) is 0 Å². The summed E-state index contributed by atoms with van der Waals surface area (Å²) in [5.41, 5.74) is 7.08. The van der Waals surface area contributed by atoms with Crippen LogP contribution in [-0.2, 0) is 4.74 Å². The molecule has 2 atom stereocenters. The molecule has 1 rings (SSSR count). The SMILES string of the molecule is CCCC(OC)C(N)c1ccc(Cl)c(Cl)c1. The summed E-state index contributed by atoms with van der Waals surface area (Å²) < 4.78 is 5.38. The van der Waals surface area contributed by atoms with Gasteiger partial charge in [-0.05, 0) is 24.1 Å². The first-order valence-corrected chi connectivity index (χ1v) is 6.09. The number of hydrogen-bond donors (Lipinski definition) is 1. The molecule has 0 spiro atoms. The third kappa shape index (κ3) is 3.36. The van der Waals surface area contributed by atoms with Crippen LogP contribution in [0.2, 0.25) is 10.0 Å². The van der Waals surface area contributed by atoms with Crippen molar-refractivity contribution in [2.45, 2.75) is 31.9 Å². The standard InChI is InChI=1S/C12H17Cl2NO/c1-3-4-11(16-2)12(15)8-5-6-9(13)10(14)7-8/h5-7,11-12H,3-4,15H2,1-2H3. The highest BCUT2D eigenvalue weighted by Gasteiger charge is 2.18. The molecular weight excluding hydrogens is 245 g/mol. The lowest BCUT2D eigenvalue weighted by atomic mass is 9.99. The quantitative estimate of drug-likeness (QED) is 0.875. The predicted octanol–water partition coefficient (Wildman–Crippen LogP) is 3.81. The van der Waals surface area contributed by atoms with Crippen LogP contribution in [0.5, 0.6) is 0 Å². The Labute approximate surface area is 107 Å². The molecule has 90 valence electrons. The van der Waals surface area contributed by atoms with Crippen molar-refractivity contribution in [2.24, 2.45) is 5.73 Å². The van der Waals surface area contributed by atoms with Crippen molar-refractivity contribution in [1.82, 2.24) is 0 Å². The minimum Gasteiger partial charge on any atom is -0.379 e. The lowest BCUT2D eigenvalue weighted by molar-refractivity contribution is 0.0725. The molecule has 2 unspecified atom stereocenters. The van der Waals surface area contributed by atoms with E-state index in [1.165, 1.54) is 0 Å². The van der Waals surface area contributed by atoms with Crippen molar-refractivity contribution < 1.29 is 4.74 Å². The summed E-state index contributed by atoms with van der Waals surface area (Å²) in [6.07, 6.45) is 1.98. The predicted molar refractivity (Wildman–Crippen MR) is 69.1 cm³/mol. The average molecular weight is 262 g/mol. The monoisotopic (exact) mass is 261 g/mol. The van der Waals surface area contributed by atoms with E-state index in [0.717, 1.165) is 18.4 Å². The minimum absolute atomic E-state index is 0.0160. The van der Waals surface area contributed by atoms with Gasteiger partial charge in [0.25, 0.3) is 0 Å². The molecule has 0 amide bonds. The second kappa shape index (κ2) is 6.45. The van der Waals surface area contributed by atoms with Crippen molar-refractivity contribution >= 4 is 23.2 Å². The fraction of sp³-hybridized carbons (Fsp3) is 0.500. The molecule has 0 aromatic heterocycles.